The second-order valence-corrected chi connectivity index (χ2v) is 7.42. The van der Waals surface area contributed by atoms with Crippen LogP contribution in [0.1, 0.15) is 0 Å². The second-order valence-electron chi connectivity index (χ2n) is 6.43. The fourth-order valence-electron chi connectivity index (χ4n) is 3.13. The van der Waals surface area contributed by atoms with Gasteiger partial charge < -0.3 is 8.83 Å². The van der Waals surface area contributed by atoms with Crippen LogP contribution < -0.4 is 5.63 Å². The first-order valence-electron chi connectivity index (χ1n) is 9.10. The van der Waals surface area contributed by atoms with Gasteiger partial charge in [-0.3, -0.25) is 0 Å². The molecule has 0 aliphatic heterocycles. The minimum atomic E-state index is -0.408. The van der Waals surface area contributed by atoms with Crippen LogP contribution in [-0.4, -0.2) is 4.98 Å². The van der Waals surface area contributed by atoms with Gasteiger partial charge in [0.1, 0.15) is 16.2 Å². The summed E-state index contributed by atoms with van der Waals surface area (Å²) >= 11 is 1.17. The first kappa shape index (κ1) is 17.5. The lowest BCUT2D eigenvalue weighted by molar-refractivity contribution is 0.465. The van der Waals surface area contributed by atoms with Gasteiger partial charge in [-0.15, -0.1) is 0 Å². The van der Waals surface area contributed by atoms with Gasteiger partial charge in [0.05, 0.1) is 0 Å². The molecule has 0 saturated carbocycles. The molecule has 0 spiro atoms. The fourth-order valence-corrected chi connectivity index (χ4v) is 3.89. The zero-order valence-electron chi connectivity index (χ0n) is 15.2. The monoisotopic (exact) mass is 397 g/mol. The molecule has 0 amide bonds. The summed E-state index contributed by atoms with van der Waals surface area (Å²) in [6, 6.07) is 28.9. The third-order valence-corrected chi connectivity index (χ3v) is 5.35. The van der Waals surface area contributed by atoms with Crippen molar-refractivity contribution in [3.05, 3.63) is 101 Å². The Balaban J connectivity index is 1.61. The Bertz CT molecular complexity index is 1280. The molecule has 0 saturated heterocycles. The summed E-state index contributed by atoms with van der Waals surface area (Å²) in [7, 11) is 0. The number of hydrogen-bond donors (Lipinski definition) is 0. The molecule has 0 aliphatic carbocycles. The van der Waals surface area contributed by atoms with Crippen molar-refractivity contribution in [2.45, 2.75) is 10.1 Å². The van der Waals surface area contributed by atoms with Crippen molar-refractivity contribution in [2.24, 2.45) is 0 Å². The van der Waals surface area contributed by atoms with Crippen molar-refractivity contribution in [3.8, 4) is 22.6 Å². The van der Waals surface area contributed by atoms with E-state index in [4.69, 9.17) is 8.83 Å². The highest BCUT2D eigenvalue weighted by Gasteiger charge is 2.19. The molecule has 0 aliphatic rings. The molecule has 2 heterocycles. The number of benzene rings is 3. The number of para-hydroxylation sites is 1. The second kappa shape index (κ2) is 7.45. The average Bonchev–Trinajstić information content (AvgIpc) is 3.19. The topological polar surface area (TPSA) is 56.2 Å². The van der Waals surface area contributed by atoms with Crippen molar-refractivity contribution >= 4 is 22.7 Å². The number of oxazole rings is 1. The fraction of sp³-hybridized carbons (Fsp3) is 0. The highest BCUT2D eigenvalue weighted by atomic mass is 32.2. The van der Waals surface area contributed by atoms with Crippen LogP contribution in [-0.2, 0) is 0 Å². The highest BCUT2D eigenvalue weighted by molar-refractivity contribution is 7.99. The predicted molar refractivity (Wildman–Crippen MR) is 114 cm³/mol. The number of hydrogen-bond acceptors (Lipinski definition) is 5. The zero-order valence-corrected chi connectivity index (χ0v) is 16.1. The van der Waals surface area contributed by atoms with Crippen LogP contribution >= 0.6 is 11.8 Å². The maximum Gasteiger partial charge on any atom is 0.350 e. The summed E-state index contributed by atoms with van der Waals surface area (Å²) in [6.45, 7) is 0. The van der Waals surface area contributed by atoms with Gasteiger partial charge in [0.2, 0.25) is 0 Å². The van der Waals surface area contributed by atoms with Crippen LogP contribution in [0, 0.1) is 0 Å². The lowest BCUT2D eigenvalue weighted by Crippen LogP contribution is -2.01. The van der Waals surface area contributed by atoms with E-state index < -0.39 is 5.63 Å². The van der Waals surface area contributed by atoms with Crippen molar-refractivity contribution in [1.82, 2.24) is 4.98 Å². The first-order chi connectivity index (χ1) is 14.3. The Morgan fingerprint density at radius 1 is 0.724 bits per heavy atom. The van der Waals surface area contributed by atoms with Crippen molar-refractivity contribution in [3.63, 3.8) is 0 Å². The van der Waals surface area contributed by atoms with Crippen LogP contribution in [0.25, 0.3) is 33.6 Å². The quantitative estimate of drug-likeness (QED) is 0.335. The van der Waals surface area contributed by atoms with E-state index in [1.807, 2.05) is 78.9 Å². The maximum atomic E-state index is 12.4. The van der Waals surface area contributed by atoms with E-state index in [9.17, 15) is 4.79 Å². The smallest absolute Gasteiger partial charge is 0.350 e. The van der Waals surface area contributed by atoms with E-state index in [2.05, 4.69) is 4.98 Å². The average molecular weight is 397 g/mol. The largest absolute Gasteiger partial charge is 0.430 e. The van der Waals surface area contributed by atoms with E-state index in [1.165, 1.54) is 11.8 Å². The molecule has 2 aromatic heterocycles. The van der Waals surface area contributed by atoms with Crippen LogP contribution in [0.5, 0.6) is 0 Å². The maximum absolute atomic E-state index is 12.4. The van der Waals surface area contributed by atoms with Crippen molar-refractivity contribution in [2.75, 3.05) is 0 Å². The number of nitrogens with zero attached hydrogens (tertiary/aromatic N) is 1. The van der Waals surface area contributed by atoms with Crippen LogP contribution in [0.15, 0.2) is 115 Å². The van der Waals surface area contributed by atoms with E-state index >= 15 is 0 Å². The normalized spacial score (nSPS) is 11.0. The van der Waals surface area contributed by atoms with Crippen LogP contribution in [0.2, 0.25) is 0 Å². The molecule has 140 valence electrons. The van der Waals surface area contributed by atoms with E-state index in [0.29, 0.717) is 21.5 Å². The summed E-state index contributed by atoms with van der Waals surface area (Å²) < 4.78 is 11.5. The van der Waals surface area contributed by atoms with Gasteiger partial charge in [-0.25, -0.2) is 9.78 Å². The number of aromatic nitrogens is 1. The number of fused-ring (bicyclic) bond motifs is 1. The molecule has 5 heteroatoms. The van der Waals surface area contributed by atoms with E-state index in [0.717, 1.165) is 22.2 Å². The van der Waals surface area contributed by atoms with Gasteiger partial charge in [-0.2, -0.15) is 0 Å². The van der Waals surface area contributed by atoms with Gasteiger partial charge in [0.15, 0.2) is 5.76 Å². The zero-order chi connectivity index (χ0) is 19.6. The molecule has 0 bridgehead atoms. The number of rotatable bonds is 4. The van der Waals surface area contributed by atoms with Gasteiger partial charge in [0.25, 0.3) is 5.22 Å². The lowest BCUT2D eigenvalue weighted by Gasteiger charge is -2.00. The molecule has 3 aromatic carbocycles. The molecule has 0 radical (unpaired) electrons. The van der Waals surface area contributed by atoms with E-state index in [1.54, 1.807) is 12.1 Å². The van der Waals surface area contributed by atoms with Crippen LogP contribution in [0.3, 0.4) is 0 Å². The lowest BCUT2D eigenvalue weighted by atomic mass is 10.1. The molecule has 5 aromatic rings. The first-order valence-corrected chi connectivity index (χ1v) is 9.92. The molecule has 29 heavy (non-hydrogen) atoms. The Morgan fingerprint density at radius 2 is 1.38 bits per heavy atom. The Morgan fingerprint density at radius 3 is 2.14 bits per heavy atom. The van der Waals surface area contributed by atoms with Gasteiger partial charge in [0, 0.05) is 16.5 Å². The molecule has 0 fully saturated rings. The third-order valence-electron chi connectivity index (χ3n) is 4.50. The van der Waals surface area contributed by atoms with Crippen molar-refractivity contribution in [1.29, 1.82) is 0 Å². The Labute approximate surface area is 170 Å². The summed E-state index contributed by atoms with van der Waals surface area (Å²) in [5.74, 6) is 0.671. The van der Waals surface area contributed by atoms with E-state index in [-0.39, 0.29) is 0 Å². The highest BCUT2D eigenvalue weighted by Crippen LogP contribution is 2.37. The molecule has 5 rings (SSSR count). The molecular weight excluding hydrogens is 382 g/mol. The SMILES string of the molecule is O=c1oc2ccccc2cc1Sc1nc(-c2ccccc2)c(-c2ccccc2)o1. The van der Waals surface area contributed by atoms with Gasteiger partial charge in [-0.05, 0) is 23.9 Å². The summed E-state index contributed by atoms with van der Waals surface area (Å²) in [6.07, 6.45) is 0. The predicted octanol–water partition coefficient (Wildman–Crippen LogP) is 6.27. The standard InChI is InChI=1S/C24H15NO3S/c26-23-20(15-18-13-7-8-14-19(18)27-23)29-24-25-21(16-9-3-1-4-10-16)22(28-24)17-11-5-2-6-12-17/h1-15H. The van der Waals surface area contributed by atoms with Gasteiger partial charge >= 0.3 is 5.63 Å². The Kier molecular flexibility index (Phi) is 4.50. The molecular formula is C24H15NO3S. The summed E-state index contributed by atoms with van der Waals surface area (Å²) in [5.41, 5.74) is 2.77. The molecule has 0 atom stereocenters. The van der Waals surface area contributed by atoms with Gasteiger partial charge in [-0.1, -0.05) is 78.9 Å². The Hall–Kier alpha value is -3.57. The third kappa shape index (κ3) is 3.48. The molecule has 0 N–H and O–H groups in total. The minimum absolute atomic E-state index is 0.394. The molecule has 4 nitrogen and oxygen atoms in total. The van der Waals surface area contributed by atoms with Crippen molar-refractivity contribution < 1.29 is 8.83 Å². The minimum Gasteiger partial charge on any atom is -0.430 e. The van der Waals surface area contributed by atoms with Crippen LogP contribution in [0.4, 0.5) is 0 Å². The molecule has 0 unspecified atom stereocenters. The summed E-state index contributed by atoms with van der Waals surface area (Å²) in [4.78, 5) is 17.5. The summed E-state index contributed by atoms with van der Waals surface area (Å²) in [5, 5.41) is 1.25.